The summed E-state index contributed by atoms with van der Waals surface area (Å²) in [6.07, 6.45) is 0.244. The molecule has 1 aromatic rings. The van der Waals surface area contributed by atoms with E-state index >= 15 is 0 Å². The molecule has 0 aromatic heterocycles. The van der Waals surface area contributed by atoms with E-state index in [1.807, 2.05) is 19.0 Å². The highest BCUT2D eigenvalue weighted by Gasteiger charge is 2.23. The Morgan fingerprint density at radius 1 is 1.46 bits per heavy atom. The first-order valence-electron chi connectivity index (χ1n) is 7.72. The summed E-state index contributed by atoms with van der Waals surface area (Å²) in [6, 6.07) is 4.40. The molecule has 1 heterocycles. The molecule has 0 fully saturated rings. The standard InChI is InChI=1S/C16H23FN4O3/c1-21(2)7-6-18-16(22)19-10-12-9-14(20-24-12)11-4-5-15(23-3)13(17)8-11/h4-5,8,12H,6-7,9-10H2,1-3H3,(H2,18,19,22)/t12-/m0/s1. The number of nitrogens with one attached hydrogen (secondary N) is 2. The van der Waals surface area contributed by atoms with Gasteiger partial charge in [0, 0.05) is 25.1 Å². The Balaban J connectivity index is 1.76. The normalized spacial score (nSPS) is 16.5. The topological polar surface area (TPSA) is 75.2 Å². The fourth-order valence-electron chi connectivity index (χ4n) is 2.22. The number of halogens is 1. The molecule has 7 nitrogen and oxygen atoms in total. The average Bonchev–Trinajstić information content (AvgIpc) is 3.01. The second-order valence-corrected chi connectivity index (χ2v) is 5.76. The lowest BCUT2D eigenvalue weighted by Gasteiger charge is -2.13. The molecule has 0 aliphatic carbocycles. The van der Waals surface area contributed by atoms with Crippen molar-refractivity contribution >= 4 is 11.7 Å². The largest absolute Gasteiger partial charge is 0.494 e. The molecule has 132 valence electrons. The van der Waals surface area contributed by atoms with Crippen LogP contribution in [0.25, 0.3) is 0 Å². The van der Waals surface area contributed by atoms with E-state index in [4.69, 9.17) is 9.57 Å². The van der Waals surface area contributed by atoms with E-state index in [1.165, 1.54) is 13.2 Å². The molecule has 0 radical (unpaired) electrons. The number of oxime groups is 1. The number of urea groups is 1. The fourth-order valence-corrected chi connectivity index (χ4v) is 2.22. The molecule has 0 saturated carbocycles. The van der Waals surface area contributed by atoms with Gasteiger partial charge >= 0.3 is 6.03 Å². The van der Waals surface area contributed by atoms with Crippen LogP contribution in [0.15, 0.2) is 23.4 Å². The number of hydrogen-bond acceptors (Lipinski definition) is 5. The summed E-state index contributed by atoms with van der Waals surface area (Å²) in [5.41, 5.74) is 1.29. The molecule has 2 N–H and O–H groups in total. The van der Waals surface area contributed by atoms with Crippen molar-refractivity contribution in [3.63, 3.8) is 0 Å². The smallest absolute Gasteiger partial charge is 0.314 e. The molecule has 0 unspecified atom stereocenters. The lowest BCUT2D eigenvalue weighted by Crippen LogP contribution is -2.42. The first-order chi connectivity index (χ1) is 11.5. The van der Waals surface area contributed by atoms with Gasteiger partial charge in [-0.2, -0.15) is 0 Å². The second-order valence-electron chi connectivity index (χ2n) is 5.76. The molecule has 2 rings (SSSR count). The SMILES string of the molecule is COc1ccc(C2=NO[C@H](CNC(=O)NCCN(C)C)C2)cc1F. The van der Waals surface area contributed by atoms with Gasteiger partial charge in [-0.05, 0) is 32.3 Å². The van der Waals surface area contributed by atoms with Crippen LogP contribution < -0.4 is 15.4 Å². The van der Waals surface area contributed by atoms with Crippen molar-refractivity contribution in [1.82, 2.24) is 15.5 Å². The molecule has 8 heteroatoms. The Morgan fingerprint density at radius 3 is 2.92 bits per heavy atom. The number of rotatable bonds is 7. The summed E-state index contributed by atoms with van der Waals surface area (Å²) in [7, 11) is 5.29. The van der Waals surface area contributed by atoms with Crippen LogP contribution in [0, 0.1) is 5.82 Å². The number of carbonyl (C=O) groups excluding carboxylic acids is 1. The number of methoxy groups -OCH3 is 1. The Hall–Kier alpha value is -2.35. The maximum absolute atomic E-state index is 13.7. The molecule has 0 saturated heterocycles. The van der Waals surface area contributed by atoms with Crippen LogP contribution in [0.5, 0.6) is 5.75 Å². The molecular formula is C16H23FN4O3. The molecule has 1 aliphatic rings. The third kappa shape index (κ3) is 5.09. The van der Waals surface area contributed by atoms with Crippen LogP contribution in [0.2, 0.25) is 0 Å². The first-order valence-corrected chi connectivity index (χ1v) is 7.72. The summed E-state index contributed by atoms with van der Waals surface area (Å²) < 4.78 is 18.6. The lowest BCUT2D eigenvalue weighted by atomic mass is 10.0. The average molecular weight is 338 g/mol. The van der Waals surface area contributed by atoms with Gasteiger partial charge in [0.15, 0.2) is 17.7 Å². The summed E-state index contributed by atoms with van der Waals surface area (Å²) in [5, 5.41) is 9.47. The summed E-state index contributed by atoms with van der Waals surface area (Å²) in [5.74, 6) is -0.259. The number of benzene rings is 1. The highest BCUT2D eigenvalue weighted by atomic mass is 19.1. The lowest BCUT2D eigenvalue weighted by molar-refractivity contribution is 0.0865. The van der Waals surface area contributed by atoms with Gasteiger partial charge < -0.3 is 25.1 Å². The predicted molar refractivity (Wildman–Crippen MR) is 88.9 cm³/mol. The minimum absolute atomic E-state index is 0.186. The number of amides is 2. The van der Waals surface area contributed by atoms with Gasteiger partial charge in [-0.25, -0.2) is 9.18 Å². The van der Waals surface area contributed by atoms with E-state index in [0.717, 1.165) is 6.54 Å². The zero-order chi connectivity index (χ0) is 17.5. The summed E-state index contributed by atoms with van der Waals surface area (Å²) in [6.45, 7) is 1.67. The van der Waals surface area contributed by atoms with Crippen LogP contribution in [-0.4, -0.2) is 63.6 Å². The number of ether oxygens (including phenoxy) is 1. The third-order valence-electron chi connectivity index (χ3n) is 3.55. The maximum Gasteiger partial charge on any atom is 0.314 e. The van der Waals surface area contributed by atoms with Gasteiger partial charge in [-0.3, -0.25) is 0 Å². The highest BCUT2D eigenvalue weighted by Crippen LogP contribution is 2.22. The van der Waals surface area contributed by atoms with Crippen molar-refractivity contribution in [2.24, 2.45) is 5.16 Å². The molecule has 24 heavy (non-hydrogen) atoms. The Labute approximate surface area is 140 Å². The van der Waals surface area contributed by atoms with Crippen molar-refractivity contribution in [3.05, 3.63) is 29.6 Å². The molecule has 1 atom stereocenters. The monoisotopic (exact) mass is 338 g/mol. The Morgan fingerprint density at radius 2 is 2.25 bits per heavy atom. The minimum atomic E-state index is -0.445. The Bertz CT molecular complexity index is 607. The Kier molecular flexibility index (Phi) is 6.36. The van der Waals surface area contributed by atoms with Gasteiger partial charge in [0.05, 0.1) is 19.4 Å². The fraction of sp³-hybridized carbons (Fsp3) is 0.500. The minimum Gasteiger partial charge on any atom is -0.494 e. The van der Waals surface area contributed by atoms with Crippen molar-refractivity contribution in [3.8, 4) is 5.75 Å². The molecular weight excluding hydrogens is 315 g/mol. The molecule has 1 aromatic carbocycles. The van der Waals surface area contributed by atoms with Gasteiger partial charge in [0.2, 0.25) is 0 Å². The first kappa shape index (κ1) is 18.0. The number of hydrogen-bond donors (Lipinski definition) is 2. The third-order valence-corrected chi connectivity index (χ3v) is 3.55. The zero-order valence-corrected chi connectivity index (χ0v) is 14.1. The van der Waals surface area contributed by atoms with E-state index in [1.54, 1.807) is 12.1 Å². The molecule has 0 bridgehead atoms. The highest BCUT2D eigenvalue weighted by molar-refractivity contribution is 6.01. The van der Waals surface area contributed by atoms with Crippen molar-refractivity contribution in [1.29, 1.82) is 0 Å². The quantitative estimate of drug-likeness (QED) is 0.783. The molecule has 1 aliphatic heterocycles. The second kappa shape index (κ2) is 8.49. The van der Waals surface area contributed by atoms with E-state index in [9.17, 15) is 9.18 Å². The number of carbonyl (C=O) groups is 1. The zero-order valence-electron chi connectivity index (χ0n) is 14.1. The van der Waals surface area contributed by atoms with E-state index in [2.05, 4.69) is 15.8 Å². The van der Waals surface area contributed by atoms with Crippen LogP contribution in [0.4, 0.5) is 9.18 Å². The molecule has 2 amide bonds. The van der Waals surface area contributed by atoms with Crippen molar-refractivity contribution in [2.45, 2.75) is 12.5 Å². The number of nitrogens with zero attached hydrogens (tertiary/aromatic N) is 2. The van der Waals surface area contributed by atoms with E-state index in [0.29, 0.717) is 30.8 Å². The van der Waals surface area contributed by atoms with Crippen molar-refractivity contribution < 1.29 is 18.8 Å². The van der Waals surface area contributed by atoms with Crippen LogP contribution in [-0.2, 0) is 4.84 Å². The van der Waals surface area contributed by atoms with Gasteiger partial charge in [0.25, 0.3) is 0 Å². The van der Waals surface area contributed by atoms with Gasteiger partial charge in [-0.1, -0.05) is 5.16 Å². The van der Waals surface area contributed by atoms with Gasteiger partial charge in [0.1, 0.15) is 0 Å². The van der Waals surface area contributed by atoms with E-state index in [-0.39, 0.29) is 17.9 Å². The van der Waals surface area contributed by atoms with Crippen LogP contribution >= 0.6 is 0 Å². The predicted octanol–water partition coefficient (Wildman–Crippen LogP) is 1.19. The van der Waals surface area contributed by atoms with E-state index < -0.39 is 5.82 Å². The molecule has 0 spiro atoms. The van der Waals surface area contributed by atoms with Gasteiger partial charge in [-0.15, -0.1) is 0 Å². The van der Waals surface area contributed by atoms with Crippen molar-refractivity contribution in [2.75, 3.05) is 40.8 Å². The summed E-state index contributed by atoms with van der Waals surface area (Å²) >= 11 is 0. The van der Waals surface area contributed by atoms with Crippen LogP contribution in [0.3, 0.4) is 0 Å². The number of likely N-dealkylation sites (N-methyl/N-ethyl adjacent to an activating group) is 1. The summed E-state index contributed by atoms with van der Waals surface area (Å²) in [4.78, 5) is 18.9. The maximum atomic E-state index is 13.7. The van der Waals surface area contributed by atoms with Crippen LogP contribution in [0.1, 0.15) is 12.0 Å².